The Morgan fingerprint density at radius 2 is 2.13 bits per heavy atom. The van der Waals surface area contributed by atoms with Gasteiger partial charge in [0.05, 0.1) is 0 Å². The summed E-state index contributed by atoms with van der Waals surface area (Å²) in [5, 5.41) is 0. The van der Waals surface area contributed by atoms with Crippen LogP contribution in [-0.4, -0.2) is 5.78 Å². The minimum absolute atomic E-state index is 0.252. The van der Waals surface area contributed by atoms with Crippen LogP contribution in [0.5, 0.6) is 0 Å². The third kappa shape index (κ3) is 3.65. The number of allylic oxidation sites excluding steroid dienone is 4. The van der Waals surface area contributed by atoms with Crippen molar-refractivity contribution in [2.45, 2.75) is 46.5 Å². The second-order valence-electron chi connectivity index (χ2n) is 4.63. The van der Waals surface area contributed by atoms with E-state index in [1.165, 1.54) is 5.57 Å². The van der Waals surface area contributed by atoms with Crippen LogP contribution in [0.4, 0.5) is 0 Å². The Bertz CT molecular complexity index is 269. The van der Waals surface area contributed by atoms with Crippen molar-refractivity contribution in [3.8, 4) is 0 Å². The van der Waals surface area contributed by atoms with E-state index >= 15 is 0 Å². The Morgan fingerprint density at radius 1 is 1.40 bits per heavy atom. The van der Waals surface area contributed by atoms with E-state index in [9.17, 15) is 4.79 Å². The number of rotatable bonds is 4. The molecule has 0 N–H and O–H groups in total. The van der Waals surface area contributed by atoms with Gasteiger partial charge in [0.2, 0.25) is 0 Å². The van der Waals surface area contributed by atoms with Crippen LogP contribution in [0.25, 0.3) is 0 Å². The Kier molecular flexibility index (Phi) is 4.80. The highest BCUT2D eigenvalue weighted by Gasteiger charge is 2.31. The molecule has 84 valence electrons. The van der Waals surface area contributed by atoms with Crippen molar-refractivity contribution in [1.29, 1.82) is 0 Å². The van der Waals surface area contributed by atoms with Crippen LogP contribution in [-0.2, 0) is 4.79 Å². The SMILES string of the molecule is CC/C=C/CC1C(=O)CCC1C=C(C)C. The lowest BCUT2D eigenvalue weighted by Gasteiger charge is -2.13. The highest BCUT2D eigenvalue weighted by atomic mass is 16.1. The lowest BCUT2D eigenvalue weighted by Crippen LogP contribution is -2.12. The molecule has 0 aliphatic heterocycles. The van der Waals surface area contributed by atoms with Crippen molar-refractivity contribution in [3.63, 3.8) is 0 Å². The summed E-state index contributed by atoms with van der Waals surface area (Å²) in [6.45, 7) is 6.35. The molecule has 1 heteroatoms. The summed E-state index contributed by atoms with van der Waals surface area (Å²) >= 11 is 0. The highest BCUT2D eigenvalue weighted by Crippen LogP contribution is 2.33. The minimum Gasteiger partial charge on any atom is -0.299 e. The fourth-order valence-corrected chi connectivity index (χ4v) is 2.28. The first-order valence-electron chi connectivity index (χ1n) is 5.98. The topological polar surface area (TPSA) is 17.1 Å². The Morgan fingerprint density at radius 3 is 2.73 bits per heavy atom. The van der Waals surface area contributed by atoms with Gasteiger partial charge in [-0.3, -0.25) is 4.79 Å². The van der Waals surface area contributed by atoms with Gasteiger partial charge in [0, 0.05) is 12.3 Å². The van der Waals surface area contributed by atoms with Crippen LogP contribution >= 0.6 is 0 Å². The van der Waals surface area contributed by atoms with Crippen molar-refractivity contribution < 1.29 is 4.79 Å². The monoisotopic (exact) mass is 206 g/mol. The molecule has 1 nitrogen and oxygen atoms in total. The zero-order valence-electron chi connectivity index (χ0n) is 10.1. The fraction of sp³-hybridized carbons (Fsp3) is 0.643. The van der Waals surface area contributed by atoms with Gasteiger partial charge in [0.15, 0.2) is 0 Å². The number of hydrogen-bond donors (Lipinski definition) is 0. The van der Waals surface area contributed by atoms with Crippen molar-refractivity contribution in [1.82, 2.24) is 0 Å². The summed E-state index contributed by atoms with van der Waals surface area (Å²) in [5.74, 6) is 1.20. The van der Waals surface area contributed by atoms with Gasteiger partial charge in [-0.2, -0.15) is 0 Å². The number of Topliss-reactive ketones (excluding diaryl/α,β-unsaturated/α-hetero) is 1. The van der Waals surface area contributed by atoms with E-state index in [0.29, 0.717) is 11.7 Å². The largest absolute Gasteiger partial charge is 0.299 e. The molecule has 0 aromatic heterocycles. The molecular weight excluding hydrogens is 184 g/mol. The molecule has 0 radical (unpaired) electrons. The van der Waals surface area contributed by atoms with E-state index < -0.39 is 0 Å². The molecule has 0 bridgehead atoms. The van der Waals surface area contributed by atoms with Gasteiger partial charge in [-0.15, -0.1) is 0 Å². The van der Waals surface area contributed by atoms with Gasteiger partial charge < -0.3 is 0 Å². The van der Waals surface area contributed by atoms with Crippen molar-refractivity contribution in [2.24, 2.45) is 11.8 Å². The van der Waals surface area contributed by atoms with Crippen LogP contribution in [0, 0.1) is 11.8 Å². The Hall–Kier alpha value is -0.850. The lowest BCUT2D eigenvalue weighted by molar-refractivity contribution is -0.120. The molecule has 0 amide bonds. The first kappa shape index (κ1) is 12.2. The van der Waals surface area contributed by atoms with Crippen LogP contribution < -0.4 is 0 Å². The van der Waals surface area contributed by atoms with Crippen LogP contribution in [0.15, 0.2) is 23.8 Å². The highest BCUT2D eigenvalue weighted by molar-refractivity contribution is 5.83. The molecule has 2 unspecified atom stereocenters. The smallest absolute Gasteiger partial charge is 0.136 e. The summed E-state index contributed by atoms with van der Waals surface area (Å²) in [5.41, 5.74) is 1.33. The van der Waals surface area contributed by atoms with Gasteiger partial charge in [-0.25, -0.2) is 0 Å². The third-order valence-electron chi connectivity index (χ3n) is 2.99. The summed E-state index contributed by atoms with van der Waals surface area (Å²) < 4.78 is 0. The standard InChI is InChI=1S/C14H22O/c1-4-5-6-7-13-12(10-11(2)3)8-9-14(13)15/h5-6,10,12-13H,4,7-9H2,1-3H3/b6-5+. The van der Waals surface area contributed by atoms with Gasteiger partial charge >= 0.3 is 0 Å². The number of ketones is 1. The summed E-state index contributed by atoms with van der Waals surface area (Å²) in [7, 11) is 0. The van der Waals surface area contributed by atoms with E-state index in [2.05, 4.69) is 39.0 Å². The number of carbonyl (C=O) groups excluding carboxylic acids is 1. The third-order valence-corrected chi connectivity index (χ3v) is 2.99. The van der Waals surface area contributed by atoms with Crippen molar-refractivity contribution >= 4 is 5.78 Å². The molecule has 1 aliphatic carbocycles. The average Bonchev–Trinajstić information content (AvgIpc) is 2.49. The zero-order valence-corrected chi connectivity index (χ0v) is 10.1. The lowest BCUT2D eigenvalue weighted by atomic mass is 9.90. The first-order chi connectivity index (χ1) is 7.15. The molecular formula is C14H22O. The molecule has 0 heterocycles. The van der Waals surface area contributed by atoms with E-state index in [1.807, 2.05) is 0 Å². The molecule has 0 aromatic carbocycles. The summed E-state index contributed by atoms with van der Waals surface area (Å²) in [6, 6.07) is 0. The van der Waals surface area contributed by atoms with Gasteiger partial charge in [-0.05, 0) is 39.0 Å². The molecule has 1 aliphatic rings. The second kappa shape index (κ2) is 5.89. The Balaban J connectivity index is 2.60. The molecule has 0 saturated heterocycles. The summed E-state index contributed by atoms with van der Waals surface area (Å²) in [6.07, 6.45) is 10.4. The van der Waals surface area contributed by atoms with Gasteiger partial charge in [0.1, 0.15) is 5.78 Å². The maximum atomic E-state index is 11.7. The molecule has 1 saturated carbocycles. The van der Waals surface area contributed by atoms with Crippen molar-refractivity contribution in [2.75, 3.05) is 0 Å². The van der Waals surface area contributed by atoms with Gasteiger partial charge in [-0.1, -0.05) is 30.7 Å². The predicted octanol–water partition coefficient (Wildman–Crippen LogP) is 3.90. The summed E-state index contributed by atoms with van der Waals surface area (Å²) in [4.78, 5) is 11.7. The fourth-order valence-electron chi connectivity index (χ4n) is 2.28. The quantitative estimate of drug-likeness (QED) is 0.637. The molecule has 1 fully saturated rings. The molecule has 15 heavy (non-hydrogen) atoms. The zero-order chi connectivity index (χ0) is 11.3. The van der Waals surface area contributed by atoms with Crippen molar-refractivity contribution in [3.05, 3.63) is 23.8 Å². The first-order valence-corrected chi connectivity index (χ1v) is 5.98. The molecule has 0 aromatic rings. The van der Waals surface area contributed by atoms with E-state index in [4.69, 9.17) is 0 Å². The van der Waals surface area contributed by atoms with Crippen LogP contribution in [0.3, 0.4) is 0 Å². The number of hydrogen-bond acceptors (Lipinski definition) is 1. The maximum absolute atomic E-state index is 11.7. The Labute approximate surface area is 93.3 Å². The molecule has 2 atom stereocenters. The minimum atomic E-state index is 0.252. The second-order valence-corrected chi connectivity index (χ2v) is 4.63. The van der Waals surface area contributed by atoms with Gasteiger partial charge in [0.25, 0.3) is 0 Å². The van der Waals surface area contributed by atoms with Crippen LogP contribution in [0.2, 0.25) is 0 Å². The molecule has 1 rings (SSSR count). The van der Waals surface area contributed by atoms with E-state index in [-0.39, 0.29) is 5.92 Å². The van der Waals surface area contributed by atoms with E-state index in [0.717, 1.165) is 25.7 Å². The predicted molar refractivity (Wildman–Crippen MR) is 64.7 cm³/mol. The maximum Gasteiger partial charge on any atom is 0.136 e. The normalized spacial score (nSPS) is 26.2. The number of carbonyl (C=O) groups is 1. The van der Waals surface area contributed by atoms with Crippen LogP contribution in [0.1, 0.15) is 46.5 Å². The molecule has 0 spiro atoms. The van der Waals surface area contributed by atoms with E-state index in [1.54, 1.807) is 0 Å². The average molecular weight is 206 g/mol.